The molecule has 2 aliphatic rings. The van der Waals surface area contributed by atoms with Crippen molar-refractivity contribution in [1.82, 2.24) is 5.32 Å². The number of alkyl carbamates (subject to hydrolysis) is 1. The minimum absolute atomic E-state index is 0.0840. The fourth-order valence-electron chi connectivity index (χ4n) is 5.18. The van der Waals surface area contributed by atoms with Crippen molar-refractivity contribution >= 4 is 25.3 Å². The molecule has 6 heteroatoms. The lowest BCUT2D eigenvalue weighted by Gasteiger charge is -2.46. The summed E-state index contributed by atoms with van der Waals surface area (Å²) >= 11 is 0. The van der Waals surface area contributed by atoms with Crippen LogP contribution in [0.4, 0.5) is 4.79 Å². The molecule has 0 fully saturated rings. The summed E-state index contributed by atoms with van der Waals surface area (Å²) in [5.41, 5.74) is 4.46. The van der Waals surface area contributed by atoms with Crippen molar-refractivity contribution in [3.63, 3.8) is 0 Å². The lowest BCUT2D eigenvalue weighted by atomic mass is 9.85. The van der Waals surface area contributed by atoms with Gasteiger partial charge in [0, 0.05) is 16.7 Å². The molecule has 0 aliphatic carbocycles. The van der Waals surface area contributed by atoms with Gasteiger partial charge in [-0.05, 0) is 38.8 Å². The van der Waals surface area contributed by atoms with E-state index in [-0.39, 0.29) is 18.3 Å². The average Bonchev–Trinajstić information content (AvgIpc) is 2.85. The standard InChI is InChI=1S/C28H31NO4Si/c1-4-11-19(5-2)18-33-27(32)29-23(15-8-9-17-30)25(31)20-12-10-14-22-26(20)34-24-16-7-6-13-21(24)28(22,34)3/h4-14,16,23,25,30-31H,15,17-18H2,1-3H3/p+1/b9-8-,11-4-,19-5+. The molecular formula is C28H32NO4Si+. The van der Waals surface area contributed by atoms with Crippen molar-refractivity contribution in [2.45, 2.75) is 44.4 Å². The van der Waals surface area contributed by atoms with Crippen LogP contribution in [0.25, 0.3) is 0 Å². The maximum absolute atomic E-state index is 12.6. The van der Waals surface area contributed by atoms with Crippen molar-refractivity contribution in [2.24, 2.45) is 0 Å². The Bertz CT molecular complexity index is 1150. The van der Waals surface area contributed by atoms with Gasteiger partial charge in [0.2, 0.25) is 0 Å². The predicted octanol–water partition coefficient (Wildman–Crippen LogP) is 3.06. The number of nitrogens with one attached hydrogen (secondary N) is 1. The Morgan fingerprint density at radius 3 is 2.65 bits per heavy atom. The van der Waals surface area contributed by atoms with Crippen LogP contribution in [-0.4, -0.2) is 44.4 Å². The Morgan fingerprint density at radius 2 is 1.91 bits per heavy atom. The van der Waals surface area contributed by atoms with Gasteiger partial charge in [0.1, 0.15) is 23.1 Å². The van der Waals surface area contributed by atoms with Crippen molar-refractivity contribution in [1.29, 1.82) is 0 Å². The van der Waals surface area contributed by atoms with E-state index in [4.69, 9.17) is 9.84 Å². The van der Waals surface area contributed by atoms with Gasteiger partial charge in [-0.1, -0.05) is 66.8 Å². The summed E-state index contributed by atoms with van der Waals surface area (Å²) in [5, 5.41) is 26.2. The summed E-state index contributed by atoms with van der Waals surface area (Å²) in [7, 11) is -0.970. The van der Waals surface area contributed by atoms with Crippen molar-refractivity contribution in [3.8, 4) is 0 Å². The van der Waals surface area contributed by atoms with Gasteiger partial charge in [0.05, 0.1) is 12.6 Å². The molecule has 3 atom stereocenters. The van der Waals surface area contributed by atoms with E-state index in [1.807, 2.05) is 44.2 Å². The van der Waals surface area contributed by atoms with E-state index in [2.05, 4.69) is 42.6 Å². The smallest absolute Gasteiger partial charge is 0.408 e. The average molecular weight is 475 g/mol. The van der Waals surface area contributed by atoms with Gasteiger partial charge in [0.25, 0.3) is 0 Å². The molecule has 2 aromatic carbocycles. The molecule has 3 N–H and O–H groups in total. The molecule has 0 bridgehead atoms. The van der Waals surface area contributed by atoms with Crippen molar-refractivity contribution in [3.05, 3.63) is 95.1 Å². The zero-order valence-electron chi connectivity index (χ0n) is 19.9. The molecule has 2 aliphatic heterocycles. The first-order chi connectivity index (χ1) is 16.5. The van der Waals surface area contributed by atoms with Crippen LogP contribution in [0, 0.1) is 0 Å². The maximum atomic E-state index is 12.6. The molecule has 4 rings (SSSR count). The fraction of sp³-hybridized carbons (Fsp3) is 0.321. The van der Waals surface area contributed by atoms with Gasteiger partial charge >= 0.3 is 14.9 Å². The third-order valence-corrected chi connectivity index (χ3v) is 10.5. The van der Waals surface area contributed by atoms with E-state index in [0.717, 1.165) is 11.1 Å². The molecule has 176 valence electrons. The molecule has 1 amide bonds. The number of benzene rings is 2. The van der Waals surface area contributed by atoms with Crippen LogP contribution in [0.3, 0.4) is 0 Å². The highest BCUT2D eigenvalue weighted by Gasteiger charge is 2.75. The monoisotopic (exact) mass is 474 g/mol. The number of carbonyl (C=O) groups is 1. The van der Waals surface area contributed by atoms with Gasteiger partial charge in [-0.25, -0.2) is 4.79 Å². The Labute approximate surface area is 203 Å². The summed E-state index contributed by atoms with van der Waals surface area (Å²) < 4.78 is 5.40. The number of fused-ring (bicyclic) bond motifs is 7. The summed E-state index contributed by atoms with van der Waals surface area (Å²) in [6.07, 6.45) is 7.98. The SMILES string of the molecule is C/C=C\C(=C/C)COC(=O)NC(C/C=C\CO)C(O)c1cccc2c1[Si+]1c3ccccc3C21C. The highest BCUT2D eigenvalue weighted by Crippen LogP contribution is 2.48. The van der Waals surface area contributed by atoms with E-state index in [0.29, 0.717) is 6.42 Å². The van der Waals surface area contributed by atoms with E-state index >= 15 is 0 Å². The molecule has 0 saturated heterocycles. The molecule has 0 radical (unpaired) electrons. The van der Waals surface area contributed by atoms with Gasteiger partial charge in [0.15, 0.2) is 5.04 Å². The van der Waals surface area contributed by atoms with Crippen LogP contribution in [0.1, 0.15) is 50.0 Å². The zero-order chi connectivity index (χ0) is 24.3. The first-order valence-electron chi connectivity index (χ1n) is 11.7. The quantitative estimate of drug-likeness (QED) is 0.297. The summed E-state index contributed by atoms with van der Waals surface area (Å²) in [6, 6.07) is 14.1. The van der Waals surface area contributed by atoms with E-state index in [1.54, 1.807) is 12.2 Å². The number of carbonyl (C=O) groups excluding carboxylic acids is 1. The number of hydrogen-bond donors (Lipinski definition) is 3. The summed E-state index contributed by atoms with van der Waals surface area (Å²) in [6.45, 7) is 6.18. The number of ether oxygens (including phenoxy) is 1. The van der Waals surface area contributed by atoms with Gasteiger partial charge in [-0.2, -0.15) is 0 Å². The second kappa shape index (κ2) is 10.1. The molecule has 0 spiro atoms. The summed E-state index contributed by atoms with van der Waals surface area (Å²) in [5.74, 6) is 0. The molecule has 2 heterocycles. The van der Waals surface area contributed by atoms with Crippen LogP contribution in [-0.2, 0) is 9.78 Å². The second-order valence-electron chi connectivity index (χ2n) is 8.84. The molecular weight excluding hydrogens is 442 g/mol. The van der Waals surface area contributed by atoms with Crippen LogP contribution in [0.2, 0.25) is 0 Å². The maximum Gasteiger partial charge on any atom is 0.408 e. The largest absolute Gasteiger partial charge is 0.445 e. The predicted molar refractivity (Wildman–Crippen MR) is 137 cm³/mol. The Kier molecular flexibility index (Phi) is 7.21. The normalized spacial score (nSPS) is 20.1. The number of hydrogen-bond acceptors (Lipinski definition) is 4. The number of aliphatic hydroxyl groups excluding tert-OH is 2. The molecule has 3 unspecified atom stereocenters. The third kappa shape index (κ3) is 4.06. The van der Waals surface area contributed by atoms with Crippen molar-refractivity contribution < 1.29 is 19.7 Å². The second-order valence-corrected chi connectivity index (χ2v) is 11.6. The molecule has 0 aromatic heterocycles. The fourth-order valence-corrected chi connectivity index (χ4v) is 9.06. The van der Waals surface area contributed by atoms with Crippen LogP contribution < -0.4 is 15.7 Å². The topological polar surface area (TPSA) is 78.8 Å². The number of aliphatic hydroxyl groups is 2. The number of rotatable bonds is 9. The van der Waals surface area contributed by atoms with Crippen LogP contribution in [0.15, 0.2) is 78.4 Å². The minimum Gasteiger partial charge on any atom is -0.445 e. The Morgan fingerprint density at radius 1 is 1.15 bits per heavy atom. The first kappa shape index (κ1) is 24.2. The highest BCUT2D eigenvalue weighted by atomic mass is 28.3. The van der Waals surface area contributed by atoms with Crippen LogP contribution >= 0.6 is 0 Å². The van der Waals surface area contributed by atoms with Gasteiger partial charge in [-0.3, -0.25) is 0 Å². The van der Waals surface area contributed by atoms with Gasteiger partial charge in [-0.15, -0.1) is 0 Å². The number of allylic oxidation sites excluding steroid dienone is 2. The molecule has 5 nitrogen and oxygen atoms in total. The lowest BCUT2D eigenvalue weighted by molar-refractivity contribution is 0.110. The molecule has 0 saturated carbocycles. The van der Waals surface area contributed by atoms with Crippen LogP contribution in [0.5, 0.6) is 0 Å². The summed E-state index contributed by atoms with van der Waals surface area (Å²) in [4.78, 5) is 12.6. The lowest BCUT2D eigenvalue weighted by Crippen LogP contribution is -2.79. The molecule has 34 heavy (non-hydrogen) atoms. The first-order valence-corrected chi connectivity index (χ1v) is 13.2. The van der Waals surface area contributed by atoms with Gasteiger partial charge < -0.3 is 20.3 Å². The van der Waals surface area contributed by atoms with E-state index < -0.39 is 27.0 Å². The third-order valence-electron chi connectivity index (χ3n) is 6.91. The highest BCUT2D eigenvalue weighted by molar-refractivity contribution is 6.97. The Balaban J connectivity index is 1.56. The van der Waals surface area contributed by atoms with E-state index in [1.165, 1.54) is 21.5 Å². The molecule has 2 aromatic rings. The van der Waals surface area contributed by atoms with Crippen molar-refractivity contribution in [2.75, 3.05) is 13.2 Å². The van der Waals surface area contributed by atoms with E-state index in [9.17, 15) is 9.90 Å². The minimum atomic E-state index is -0.970. The number of amides is 1. The Hall–Kier alpha value is -2.93. The zero-order valence-corrected chi connectivity index (χ0v) is 20.9.